The molecular formula is C16H19BrN2O. The van der Waals surface area contributed by atoms with Crippen LogP contribution >= 0.6 is 15.9 Å². The highest BCUT2D eigenvalue weighted by molar-refractivity contribution is 9.10. The molecule has 0 aliphatic heterocycles. The molecule has 0 saturated heterocycles. The average molecular weight is 335 g/mol. The van der Waals surface area contributed by atoms with Crippen molar-refractivity contribution < 1.29 is 4.74 Å². The first-order valence-electron chi connectivity index (χ1n) is 6.59. The van der Waals surface area contributed by atoms with Gasteiger partial charge in [0.25, 0.3) is 0 Å². The molecule has 1 N–H and O–H groups in total. The number of nitrogens with zero attached hydrogens (tertiary/aromatic N) is 1. The van der Waals surface area contributed by atoms with Crippen molar-refractivity contribution in [3.63, 3.8) is 0 Å². The molecule has 4 heteroatoms. The fourth-order valence-electron chi connectivity index (χ4n) is 2.03. The number of aromatic nitrogens is 1. The molecule has 0 aliphatic carbocycles. The molecule has 1 unspecified atom stereocenters. The summed E-state index contributed by atoms with van der Waals surface area (Å²) in [6.07, 6.45) is 0. The van der Waals surface area contributed by atoms with Crippen LogP contribution in [-0.4, -0.2) is 12.1 Å². The number of halogens is 1. The first-order valence-corrected chi connectivity index (χ1v) is 7.39. The van der Waals surface area contributed by atoms with Gasteiger partial charge in [0.15, 0.2) is 0 Å². The van der Waals surface area contributed by atoms with Gasteiger partial charge in [0.05, 0.1) is 17.3 Å². The van der Waals surface area contributed by atoms with Crippen LogP contribution in [0.5, 0.6) is 5.75 Å². The zero-order valence-electron chi connectivity index (χ0n) is 12.0. The first kappa shape index (κ1) is 15.0. The van der Waals surface area contributed by atoms with Gasteiger partial charge in [-0.1, -0.05) is 12.1 Å². The van der Waals surface area contributed by atoms with Crippen molar-refractivity contribution in [2.24, 2.45) is 0 Å². The third-order valence-electron chi connectivity index (χ3n) is 3.21. The van der Waals surface area contributed by atoms with E-state index in [1.807, 2.05) is 31.2 Å². The number of benzene rings is 1. The second kappa shape index (κ2) is 6.86. The van der Waals surface area contributed by atoms with Gasteiger partial charge in [-0.2, -0.15) is 0 Å². The highest BCUT2D eigenvalue weighted by Crippen LogP contribution is 2.28. The molecule has 0 amide bonds. The van der Waals surface area contributed by atoms with Crippen LogP contribution in [-0.2, 0) is 6.54 Å². The van der Waals surface area contributed by atoms with Gasteiger partial charge in [-0.25, -0.2) is 0 Å². The summed E-state index contributed by atoms with van der Waals surface area (Å²) in [5.41, 5.74) is 3.32. The topological polar surface area (TPSA) is 34.1 Å². The van der Waals surface area contributed by atoms with Crippen molar-refractivity contribution in [1.82, 2.24) is 10.3 Å². The standard InChI is InChI=1S/C16H19BrN2O/c1-11-5-4-6-14(19-11)10-18-12(2)13-7-8-16(20-3)15(17)9-13/h4-9,12,18H,10H2,1-3H3. The number of hydrogen-bond donors (Lipinski definition) is 1. The highest BCUT2D eigenvalue weighted by Gasteiger charge is 2.08. The number of rotatable bonds is 5. The quantitative estimate of drug-likeness (QED) is 0.896. The van der Waals surface area contributed by atoms with Crippen molar-refractivity contribution in [3.8, 4) is 5.75 Å². The Balaban J connectivity index is 2.01. The van der Waals surface area contributed by atoms with E-state index >= 15 is 0 Å². The summed E-state index contributed by atoms with van der Waals surface area (Å²) in [4.78, 5) is 4.49. The minimum Gasteiger partial charge on any atom is -0.496 e. The molecule has 20 heavy (non-hydrogen) atoms. The lowest BCUT2D eigenvalue weighted by molar-refractivity contribution is 0.411. The van der Waals surface area contributed by atoms with Crippen molar-refractivity contribution >= 4 is 15.9 Å². The molecule has 0 fully saturated rings. The second-order valence-corrected chi connectivity index (χ2v) is 5.62. The molecule has 1 aromatic carbocycles. The lowest BCUT2D eigenvalue weighted by Crippen LogP contribution is -2.18. The van der Waals surface area contributed by atoms with Crippen molar-refractivity contribution in [2.75, 3.05) is 7.11 Å². The highest BCUT2D eigenvalue weighted by atomic mass is 79.9. The summed E-state index contributed by atoms with van der Waals surface area (Å²) < 4.78 is 6.22. The largest absolute Gasteiger partial charge is 0.496 e. The Morgan fingerprint density at radius 3 is 2.75 bits per heavy atom. The number of nitrogens with one attached hydrogen (secondary N) is 1. The number of hydrogen-bond acceptors (Lipinski definition) is 3. The molecule has 2 aromatic rings. The lowest BCUT2D eigenvalue weighted by atomic mass is 10.1. The minimum absolute atomic E-state index is 0.250. The van der Waals surface area contributed by atoms with E-state index < -0.39 is 0 Å². The Hall–Kier alpha value is -1.39. The molecule has 106 valence electrons. The van der Waals surface area contributed by atoms with Crippen molar-refractivity contribution in [1.29, 1.82) is 0 Å². The van der Waals surface area contributed by atoms with E-state index in [9.17, 15) is 0 Å². The molecule has 2 rings (SSSR count). The van der Waals surface area contributed by atoms with Crippen LogP contribution in [0.1, 0.15) is 29.9 Å². The molecule has 1 heterocycles. The molecule has 0 radical (unpaired) electrons. The molecule has 0 saturated carbocycles. The van der Waals surface area contributed by atoms with Crippen LogP contribution in [0.3, 0.4) is 0 Å². The molecule has 1 aromatic heterocycles. The SMILES string of the molecule is COc1ccc(C(C)NCc2cccc(C)n2)cc1Br. The fourth-order valence-corrected chi connectivity index (χ4v) is 2.58. The summed E-state index contributed by atoms with van der Waals surface area (Å²) in [5.74, 6) is 0.848. The van der Waals surface area contributed by atoms with E-state index in [1.165, 1.54) is 5.56 Å². The average Bonchev–Trinajstić information content (AvgIpc) is 2.44. The maximum absolute atomic E-state index is 5.24. The predicted molar refractivity (Wildman–Crippen MR) is 84.9 cm³/mol. The maximum atomic E-state index is 5.24. The van der Waals surface area contributed by atoms with Crippen molar-refractivity contribution in [3.05, 3.63) is 57.8 Å². The minimum atomic E-state index is 0.250. The number of aryl methyl sites for hydroxylation is 1. The summed E-state index contributed by atoms with van der Waals surface area (Å²) in [7, 11) is 1.67. The predicted octanol–water partition coefficient (Wildman–Crippen LogP) is 4.01. The van der Waals surface area contributed by atoms with Crippen LogP contribution in [0, 0.1) is 6.92 Å². The molecular weight excluding hydrogens is 316 g/mol. The third-order valence-corrected chi connectivity index (χ3v) is 3.83. The normalized spacial score (nSPS) is 12.2. The van der Waals surface area contributed by atoms with E-state index in [1.54, 1.807) is 7.11 Å². The monoisotopic (exact) mass is 334 g/mol. The van der Waals surface area contributed by atoms with E-state index in [2.05, 4.69) is 45.3 Å². The smallest absolute Gasteiger partial charge is 0.133 e. The Kier molecular flexibility index (Phi) is 5.15. The third kappa shape index (κ3) is 3.81. The maximum Gasteiger partial charge on any atom is 0.133 e. The Morgan fingerprint density at radius 1 is 1.30 bits per heavy atom. The summed E-state index contributed by atoms with van der Waals surface area (Å²) in [5, 5.41) is 3.48. The van der Waals surface area contributed by atoms with Crippen LogP contribution < -0.4 is 10.1 Å². The Bertz CT molecular complexity index is 586. The molecule has 0 spiro atoms. The number of ether oxygens (including phenoxy) is 1. The first-order chi connectivity index (χ1) is 9.60. The van der Waals surface area contributed by atoms with Crippen molar-refractivity contribution in [2.45, 2.75) is 26.4 Å². The summed E-state index contributed by atoms with van der Waals surface area (Å²) >= 11 is 3.52. The van der Waals surface area contributed by atoms with Gasteiger partial charge >= 0.3 is 0 Å². The zero-order valence-corrected chi connectivity index (χ0v) is 13.6. The molecule has 1 atom stereocenters. The fraction of sp³-hybridized carbons (Fsp3) is 0.312. The van der Waals surface area contributed by atoms with E-state index in [0.717, 1.165) is 28.2 Å². The van der Waals surface area contributed by atoms with Gasteiger partial charge < -0.3 is 10.1 Å². The van der Waals surface area contributed by atoms with E-state index in [4.69, 9.17) is 4.74 Å². The zero-order chi connectivity index (χ0) is 14.5. The van der Waals surface area contributed by atoms with Gasteiger partial charge in [-0.15, -0.1) is 0 Å². The number of methoxy groups -OCH3 is 1. The van der Waals surface area contributed by atoms with Gasteiger partial charge in [-0.3, -0.25) is 4.98 Å². The summed E-state index contributed by atoms with van der Waals surface area (Å²) in [6.45, 7) is 4.91. The molecule has 3 nitrogen and oxygen atoms in total. The Labute approximate surface area is 128 Å². The lowest BCUT2D eigenvalue weighted by Gasteiger charge is -2.15. The molecule has 0 bridgehead atoms. The van der Waals surface area contributed by atoms with Crippen LogP contribution in [0.25, 0.3) is 0 Å². The molecule has 0 aliphatic rings. The number of pyridine rings is 1. The summed E-state index contributed by atoms with van der Waals surface area (Å²) in [6, 6.07) is 12.5. The van der Waals surface area contributed by atoms with Crippen LogP contribution in [0.4, 0.5) is 0 Å². The van der Waals surface area contributed by atoms with Gasteiger partial charge in [0.1, 0.15) is 5.75 Å². The van der Waals surface area contributed by atoms with E-state index in [-0.39, 0.29) is 6.04 Å². The Morgan fingerprint density at radius 2 is 2.10 bits per heavy atom. The van der Waals surface area contributed by atoms with E-state index in [0.29, 0.717) is 0 Å². The van der Waals surface area contributed by atoms with Gasteiger partial charge in [0.2, 0.25) is 0 Å². The van der Waals surface area contributed by atoms with Crippen LogP contribution in [0.15, 0.2) is 40.9 Å². The van der Waals surface area contributed by atoms with Gasteiger partial charge in [-0.05, 0) is 59.6 Å². The van der Waals surface area contributed by atoms with Gasteiger partial charge in [0, 0.05) is 18.3 Å². The second-order valence-electron chi connectivity index (χ2n) is 4.77. The van der Waals surface area contributed by atoms with Crippen LogP contribution in [0.2, 0.25) is 0 Å².